The summed E-state index contributed by atoms with van der Waals surface area (Å²) in [4.78, 5) is 13.7. The van der Waals surface area contributed by atoms with Gasteiger partial charge in [0.1, 0.15) is 5.82 Å². The summed E-state index contributed by atoms with van der Waals surface area (Å²) in [5, 5.41) is 0. The van der Waals surface area contributed by atoms with Crippen molar-refractivity contribution in [3.63, 3.8) is 0 Å². The monoisotopic (exact) mass is 201 g/mol. The number of aromatic nitrogens is 1. The zero-order chi connectivity index (χ0) is 10.8. The molecule has 2 aromatic rings. The molecule has 1 aromatic carbocycles. The van der Waals surface area contributed by atoms with Crippen molar-refractivity contribution in [2.75, 3.05) is 11.5 Å². The van der Waals surface area contributed by atoms with Crippen molar-refractivity contribution >= 4 is 11.5 Å². The van der Waals surface area contributed by atoms with Crippen LogP contribution in [0.1, 0.15) is 0 Å². The summed E-state index contributed by atoms with van der Waals surface area (Å²) < 4.78 is 0. The van der Waals surface area contributed by atoms with E-state index in [0.717, 1.165) is 5.56 Å². The number of nitrogen functional groups attached to an aromatic ring is 2. The first-order chi connectivity index (χ1) is 7.18. The second-order valence-electron chi connectivity index (χ2n) is 3.24. The average Bonchev–Trinajstić information content (AvgIpc) is 2.24. The van der Waals surface area contributed by atoms with Gasteiger partial charge < -0.3 is 16.5 Å². The van der Waals surface area contributed by atoms with Crippen LogP contribution in [0.2, 0.25) is 0 Å². The fourth-order valence-corrected chi connectivity index (χ4v) is 1.45. The lowest BCUT2D eigenvalue weighted by Crippen LogP contribution is -2.11. The fourth-order valence-electron chi connectivity index (χ4n) is 1.45. The Hall–Kier alpha value is -2.23. The molecule has 0 spiro atoms. The van der Waals surface area contributed by atoms with Crippen LogP contribution in [0.25, 0.3) is 11.1 Å². The van der Waals surface area contributed by atoms with Crippen molar-refractivity contribution in [3.8, 4) is 11.1 Å². The normalized spacial score (nSPS) is 10.1. The predicted octanol–water partition coefficient (Wildman–Crippen LogP) is 1.21. The highest BCUT2D eigenvalue weighted by Gasteiger charge is 2.06. The fraction of sp³-hybridized carbons (Fsp3) is 0. The van der Waals surface area contributed by atoms with Gasteiger partial charge in [-0.2, -0.15) is 0 Å². The van der Waals surface area contributed by atoms with E-state index in [0.29, 0.717) is 11.3 Å². The van der Waals surface area contributed by atoms with Crippen molar-refractivity contribution in [3.05, 3.63) is 46.8 Å². The molecule has 4 nitrogen and oxygen atoms in total. The second kappa shape index (κ2) is 3.49. The summed E-state index contributed by atoms with van der Waals surface area (Å²) in [6, 6.07) is 10.9. The van der Waals surface area contributed by atoms with Gasteiger partial charge in [-0.3, -0.25) is 4.79 Å². The molecule has 0 bridgehead atoms. The molecule has 1 aromatic heterocycles. The third-order valence-corrected chi connectivity index (χ3v) is 2.20. The van der Waals surface area contributed by atoms with Gasteiger partial charge in [-0.1, -0.05) is 30.3 Å². The van der Waals surface area contributed by atoms with Gasteiger partial charge in [0.15, 0.2) is 0 Å². The zero-order valence-corrected chi connectivity index (χ0v) is 8.03. The minimum Gasteiger partial charge on any atom is -0.395 e. The highest BCUT2D eigenvalue weighted by molar-refractivity contribution is 5.82. The summed E-state index contributed by atoms with van der Waals surface area (Å²) in [5.74, 6) is 0.210. The molecule has 5 N–H and O–H groups in total. The molecule has 0 unspecified atom stereocenters. The maximum Gasteiger partial charge on any atom is 0.250 e. The highest BCUT2D eigenvalue weighted by Crippen LogP contribution is 2.26. The average molecular weight is 201 g/mol. The first-order valence-electron chi connectivity index (χ1n) is 4.52. The Kier molecular flexibility index (Phi) is 2.17. The van der Waals surface area contributed by atoms with Crippen molar-refractivity contribution in [1.29, 1.82) is 0 Å². The van der Waals surface area contributed by atoms with E-state index in [1.54, 1.807) is 0 Å². The smallest absolute Gasteiger partial charge is 0.250 e. The summed E-state index contributed by atoms with van der Waals surface area (Å²) in [7, 11) is 0. The lowest BCUT2D eigenvalue weighted by Gasteiger charge is -2.07. The summed E-state index contributed by atoms with van der Waals surface area (Å²) >= 11 is 0. The molecule has 0 aliphatic carbocycles. The molecule has 0 amide bonds. The number of hydrogen-bond donors (Lipinski definition) is 3. The Morgan fingerprint density at radius 1 is 1.07 bits per heavy atom. The standard InChI is InChI=1S/C11H11N3O/c12-10-8(6-9(15)14-11(10)13)7-4-2-1-3-5-7/h1-6H,12H2,(H3,13,14,15). The first-order valence-corrected chi connectivity index (χ1v) is 4.52. The molecule has 0 atom stereocenters. The Labute approximate surface area is 86.5 Å². The van der Waals surface area contributed by atoms with E-state index in [-0.39, 0.29) is 11.4 Å². The van der Waals surface area contributed by atoms with Crippen molar-refractivity contribution in [2.24, 2.45) is 0 Å². The number of nitrogens with two attached hydrogens (primary N) is 2. The molecule has 0 radical (unpaired) electrons. The van der Waals surface area contributed by atoms with Gasteiger partial charge >= 0.3 is 0 Å². The first kappa shape index (κ1) is 9.33. The van der Waals surface area contributed by atoms with E-state index < -0.39 is 0 Å². The van der Waals surface area contributed by atoms with Crippen LogP contribution in [0.15, 0.2) is 41.2 Å². The van der Waals surface area contributed by atoms with Crippen LogP contribution in [-0.4, -0.2) is 4.98 Å². The molecule has 4 heteroatoms. The van der Waals surface area contributed by atoms with E-state index in [9.17, 15) is 4.79 Å². The van der Waals surface area contributed by atoms with Crippen LogP contribution in [0.3, 0.4) is 0 Å². The van der Waals surface area contributed by atoms with Gasteiger partial charge in [0.25, 0.3) is 0 Å². The molecular formula is C11H11N3O. The van der Waals surface area contributed by atoms with Gasteiger partial charge in [-0.05, 0) is 5.56 Å². The van der Waals surface area contributed by atoms with Crippen molar-refractivity contribution in [1.82, 2.24) is 4.98 Å². The number of benzene rings is 1. The number of anilines is 2. The molecule has 0 saturated carbocycles. The van der Waals surface area contributed by atoms with Crippen LogP contribution in [-0.2, 0) is 0 Å². The number of H-pyrrole nitrogens is 1. The van der Waals surface area contributed by atoms with Gasteiger partial charge in [0, 0.05) is 11.6 Å². The number of rotatable bonds is 1. The Bertz CT molecular complexity index is 531. The molecule has 2 rings (SSSR count). The molecule has 0 aliphatic rings. The third kappa shape index (κ3) is 1.69. The second-order valence-corrected chi connectivity index (χ2v) is 3.24. The van der Waals surface area contributed by atoms with Crippen molar-refractivity contribution < 1.29 is 0 Å². The highest BCUT2D eigenvalue weighted by atomic mass is 16.1. The van der Waals surface area contributed by atoms with Crippen LogP contribution in [0.4, 0.5) is 11.5 Å². The van der Waals surface area contributed by atoms with E-state index in [1.807, 2.05) is 30.3 Å². The number of hydrogen-bond acceptors (Lipinski definition) is 3. The van der Waals surface area contributed by atoms with Crippen LogP contribution >= 0.6 is 0 Å². The Morgan fingerprint density at radius 2 is 1.73 bits per heavy atom. The topological polar surface area (TPSA) is 84.9 Å². The number of nitrogens with one attached hydrogen (secondary N) is 1. The quantitative estimate of drug-likeness (QED) is 0.648. The molecule has 15 heavy (non-hydrogen) atoms. The maximum absolute atomic E-state index is 11.2. The Morgan fingerprint density at radius 3 is 2.40 bits per heavy atom. The number of aromatic amines is 1. The summed E-state index contributed by atoms with van der Waals surface area (Å²) in [6.45, 7) is 0. The van der Waals surface area contributed by atoms with Gasteiger partial charge in [0.05, 0.1) is 5.69 Å². The molecule has 0 saturated heterocycles. The molecule has 76 valence electrons. The minimum absolute atomic E-state index is 0.210. The number of pyridine rings is 1. The molecule has 0 aliphatic heterocycles. The van der Waals surface area contributed by atoms with E-state index >= 15 is 0 Å². The van der Waals surface area contributed by atoms with Crippen LogP contribution < -0.4 is 17.0 Å². The van der Waals surface area contributed by atoms with E-state index in [2.05, 4.69) is 4.98 Å². The molecule has 0 fully saturated rings. The largest absolute Gasteiger partial charge is 0.395 e. The van der Waals surface area contributed by atoms with Gasteiger partial charge in [-0.15, -0.1) is 0 Å². The minimum atomic E-state index is -0.249. The predicted molar refractivity (Wildman–Crippen MR) is 61.3 cm³/mol. The zero-order valence-electron chi connectivity index (χ0n) is 8.03. The molecular weight excluding hydrogens is 190 g/mol. The third-order valence-electron chi connectivity index (χ3n) is 2.20. The van der Waals surface area contributed by atoms with Crippen LogP contribution in [0, 0.1) is 0 Å². The Balaban J connectivity index is 2.68. The van der Waals surface area contributed by atoms with Crippen LogP contribution in [0.5, 0.6) is 0 Å². The van der Waals surface area contributed by atoms with Gasteiger partial charge in [-0.25, -0.2) is 0 Å². The lowest BCUT2D eigenvalue weighted by molar-refractivity contribution is 1.25. The molecule has 1 heterocycles. The van der Waals surface area contributed by atoms with Gasteiger partial charge in [0.2, 0.25) is 5.56 Å². The maximum atomic E-state index is 11.2. The van der Waals surface area contributed by atoms with Crippen molar-refractivity contribution in [2.45, 2.75) is 0 Å². The van der Waals surface area contributed by atoms with E-state index in [1.165, 1.54) is 6.07 Å². The lowest BCUT2D eigenvalue weighted by atomic mass is 10.1. The summed E-state index contributed by atoms with van der Waals surface area (Å²) in [6.07, 6.45) is 0. The SMILES string of the molecule is Nc1[nH]c(=O)cc(-c2ccccc2)c1N. The van der Waals surface area contributed by atoms with E-state index in [4.69, 9.17) is 11.5 Å². The summed E-state index contributed by atoms with van der Waals surface area (Å²) in [5.41, 5.74) is 13.1.